The molecule has 1 aliphatic heterocycles. The second kappa shape index (κ2) is 4.29. The minimum absolute atomic E-state index is 0.354. The molecule has 1 aromatic carbocycles. The number of carbonyl (C=O) groups excluding carboxylic acids is 1. The second-order valence-electron chi connectivity index (χ2n) is 4.42. The number of cyclic esters (lactones) is 1. The van der Waals surface area contributed by atoms with Crippen LogP contribution in [0.4, 0.5) is 0 Å². The van der Waals surface area contributed by atoms with Crippen LogP contribution < -0.4 is 4.74 Å². The molecular formula is C14H13NO3. The Morgan fingerprint density at radius 2 is 2.06 bits per heavy atom. The summed E-state index contributed by atoms with van der Waals surface area (Å²) in [5.41, 5.74) is 1.28. The number of nitrogens with zero attached hydrogens (tertiary/aromatic N) is 1. The van der Waals surface area contributed by atoms with Crippen LogP contribution in [0.15, 0.2) is 35.0 Å². The Balaban J connectivity index is 1.84. The molecule has 0 radical (unpaired) electrons. The molecule has 92 valence electrons. The molecule has 1 heterocycles. The lowest BCUT2D eigenvalue weighted by Crippen LogP contribution is -2.05. The van der Waals surface area contributed by atoms with Gasteiger partial charge in [0, 0.05) is 5.92 Å². The van der Waals surface area contributed by atoms with Gasteiger partial charge in [-0.05, 0) is 36.6 Å². The molecule has 0 N–H and O–H groups in total. The first-order valence-corrected chi connectivity index (χ1v) is 5.93. The summed E-state index contributed by atoms with van der Waals surface area (Å²) in [5.74, 6) is 1.37. The van der Waals surface area contributed by atoms with Crippen LogP contribution in [0, 0.1) is 5.92 Å². The molecule has 1 aliphatic carbocycles. The third-order valence-electron chi connectivity index (χ3n) is 2.98. The van der Waals surface area contributed by atoms with E-state index in [1.165, 1.54) is 0 Å². The number of benzene rings is 1. The Morgan fingerprint density at radius 3 is 2.67 bits per heavy atom. The first kappa shape index (κ1) is 11.0. The van der Waals surface area contributed by atoms with E-state index < -0.39 is 0 Å². The number of methoxy groups -OCH3 is 1. The molecule has 4 nitrogen and oxygen atoms in total. The summed E-state index contributed by atoms with van der Waals surface area (Å²) in [6.45, 7) is 0. The van der Waals surface area contributed by atoms with Gasteiger partial charge in [-0.2, -0.15) is 0 Å². The molecule has 3 rings (SSSR count). The third kappa shape index (κ3) is 2.14. The molecule has 2 aliphatic rings. The molecule has 1 fully saturated rings. The summed E-state index contributed by atoms with van der Waals surface area (Å²) < 4.78 is 10.2. The van der Waals surface area contributed by atoms with Gasteiger partial charge < -0.3 is 9.47 Å². The summed E-state index contributed by atoms with van der Waals surface area (Å²) in [5, 5.41) is 0. The van der Waals surface area contributed by atoms with Crippen LogP contribution >= 0.6 is 0 Å². The average Bonchev–Trinajstić information content (AvgIpc) is 3.17. The van der Waals surface area contributed by atoms with E-state index in [0.29, 0.717) is 17.5 Å². The molecule has 0 unspecified atom stereocenters. The largest absolute Gasteiger partial charge is 0.497 e. The molecule has 1 aromatic rings. The van der Waals surface area contributed by atoms with E-state index in [2.05, 4.69) is 4.99 Å². The molecule has 0 aromatic heterocycles. The van der Waals surface area contributed by atoms with Crippen LogP contribution in [0.5, 0.6) is 5.75 Å². The van der Waals surface area contributed by atoms with E-state index in [9.17, 15) is 4.79 Å². The molecular weight excluding hydrogens is 230 g/mol. The smallest absolute Gasteiger partial charge is 0.363 e. The quantitative estimate of drug-likeness (QED) is 0.605. The van der Waals surface area contributed by atoms with Gasteiger partial charge in [-0.15, -0.1) is 0 Å². The van der Waals surface area contributed by atoms with Gasteiger partial charge in [0.1, 0.15) is 5.75 Å². The monoisotopic (exact) mass is 243 g/mol. The van der Waals surface area contributed by atoms with Gasteiger partial charge in [0.15, 0.2) is 5.70 Å². The SMILES string of the molecule is COc1ccc(/C=C2\N=C(C3CC3)OC2=O)cc1. The topological polar surface area (TPSA) is 47.9 Å². The number of rotatable bonds is 3. The second-order valence-corrected chi connectivity index (χ2v) is 4.42. The van der Waals surface area contributed by atoms with Gasteiger partial charge in [0.2, 0.25) is 5.90 Å². The average molecular weight is 243 g/mol. The number of hydrogen-bond acceptors (Lipinski definition) is 4. The maximum absolute atomic E-state index is 11.6. The van der Waals surface area contributed by atoms with Crippen molar-refractivity contribution in [2.45, 2.75) is 12.8 Å². The standard InChI is InChI=1S/C14H13NO3/c1-17-11-6-2-9(3-7-11)8-12-14(16)18-13(15-12)10-4-5-10/h2-3,6-8,10H,4-5H2,1H3/b12-8-. The van der Waals surface area contributed by atoms with Crippen molar-refractivity contribution in [2.24, 2.45) is 10.9 Å². The van der Waals surface area contributed by atoms with E-state index in [-0.39, 0.29) is 5.97 Å². The van der Waals surface area contributed by atoms with Gasteiger partial charge in [0.05, 0.1) is 7.11 Å². The Labute approximate surface area is 105 Å². The van der Waals surface area contributed by atoms with Crippen LogP contribution in [-0.4, -0.2) is 19.0 Å². The Morgan fingerprint density at radius 1 is 1.33 bits per heavy atom. The van der Waals surface area contributed by atoms with E-state index >= 15 is 0 Å². The highest BCUT2D eigenvalue weighted by Crippen LogP contribution is 2.34. The van der Waals surface area contributed by atoms with Crippen LogP contribution in [0.1, 0.15) is 18.4 Å². The van der Waals surface area contributed by atoms with E-state index in [1.807, 2.05) is 24.3 Å². The zero-order valence-electron chi connectivity index (χ0n) is 10.1. The highest BCUT2D eigenvalue weighted by molar-refractivity contribution is 6.08. The van der Waals surface area contributed by atoms with E-state index in [4.69, 9.17) is 9.47 Å². The number of aliphatic imine (C=N–C) groups is 1. The first-order chi connectivity index (χ1) is 8.76. The highest BCUT2D eigenvalue weighted by Gasteiger charge is 2.35. The van der Waals surface area contributed by atoms with Crippen LogP contribution in [0.25, 0.3) is 6.08 Å². The maximum atomic E-state index is 11.6. The van der Waals surface area contributed by atoms with Crippen molar-refractivity contribution in [1.29, 1.82) is 0 Å². The predicted molar refractivity (Wildman–Crippen MR) is 67.2 cm³/mol. The van der Waals surface area contributed by atoms with E-state index in [0.717, 1.165) is 24.2 Å². The lowest BCUT2D eigenvalue weighted by Gasteiger charge is -1.99. The minimum atomic E-state index is -0.354. The summed E-state index contributed by atoms with van der Waals surface area (Å²) in [6.07, 6.45) is 3.88. The van der Waals surface area contributed by atoms with Gasteiger partial charge in [-0.3, -0.25) is 0 Å². The van der Waals surface area contributed by atoms with Crippen molar-refractivity contribution < 1.29 is 14.3 Å². The number of esters is 1. The predicted octanol–water partition coefficient (Wildman–Crippen LogP) is 2.40. The maximum Gasteiger partial charge on any atom is 0.363 e. The lowest BCUT2D eigenvalue weighted by atomic mass is 10.2. The van der Waals surface area contributed by atoms with Crippen LogP contribution in [-0.2, 0) is 9.53 Å². The zero-order valence-corrected chi connectivity index (χ0v) is 10.1. The Bertz CT molecular complexity index is 539. The summed E-state index contributed by atoms with van der Waals surface area (Å²) in [7, 11) is 1.62. The Hall–Kier alpha value is -2.10. The molecule has 1 saturated carbocycles. The third-order valence-corrected chi connectivity index (χ3v) is 2.98. The van der Waals surface area contributed by atoms with Crippen molar-refractivity contribution in [1.82, 2.24) is 0 Å². The van der Waals surface area contributed by atoms with Gasteiger partial charge in [-0.1, -0.05) is 12.1 Å². The summed E-state index contributed by atoms with van der Waals surface area (Å²) in [4.78, 5) is 15.9. The van der Waals surface area contributed by atoms with Crippen LogP contribution in [0.3, 0.4) is 0 Å². The van der Waals surface area contributed by atoms with E-state index in [1.54, 1.807) is 13.2 Å². The summed E-state index contributed by atoms with van der Waals surface area (Å²) >= 11 is 0. The number of hydrogen-bond donors (Lipinski definition) is 0. The van der Waals surface area contributed by atoms with Crippen LogP contribution in [0.2, 0.25) is 0 Å². The molecule has 0 atom stereocenters. The minimum Gasteiger partial charge on any atom is -0.497 e. The fourth-order valence-electron chi connectivity index (χ4n) is 1.79. The van der Waals surface area contributed by atoms with Gasteiger partial charge in [0.25, 0.3) is 0 Å². The number of carbonyl (C=O) groups is 1. The molecule has 4 heteroatoms. The highest BCUT2D eigenvalue weighted by atomic mass is 16.6. The van der Waals surface area contributed by atoms with Crippen molar-refractivity contribution in [3.63, 3.8) is 0 Å². The number of ether oxygens (including phenoxy) is 2. The van der Waals surface area contributed by atoms with Gasteiger partial charge in [-0.25, -0.2) is 9.79 Å². The fourth-order valence-corrected chi connectivity index (χ4v) is 1.79. The molecule has 0 spiro atoms. The van der Waals surface area contributed by atoms with Crippen molar-refractivity contribution in [3.8, 4) is 5.75 Å². The zero-order chi connectivity index (χ0) is 12.5. The summed E-state index contributed by atoms with van der Waals surface area (Å²) in [6, 6.07) is 7.45. The fraction of sp³-hybridized carbons (Fsp3) is 0.286. The normalized spacial score (nSPS) is 20.8. The lowest BCUT2D eigenvalue weighted by molar-refractivity contribution is -0.130. The molecule has 18 heavy (non-hydrogen) atoms. The van der Waals surface area contributed by atoms with Crippen molar-refractivity contribution in [3.05, 3.63) is 35.5 Å². The van der Waals surface area contributed by atoms with Crippen molar-refractivity contribution in [2.75, 3.05) is 7.11 Å². The first-order valence-electron chi connectivity index (χ1n) is 5.93. The molecule has 0 bridgehead atoms. The molecule has 0 saturated heterocycles. The van der Waals surface area contributed by atoms with Gasteiger partial charge >= 0.3 is 5.97 Å². The molecule has 0 amide bonds. The Kier molecular flexibility index (Phi) is 2.63. The van der Waals surface area contributed by atoms with Crippen molar-refractivity contribution >= 4 is 17.9 Å².